The first-order valence-corrected chi connectivity index (χ1v) is 10.5. The number of nitrogens with zero attached hydrogens (tertiary/aromatic N) is 4. The maximum absolute atomic E-state index is 12.5. The number of piperidine rings is 1. The Morgan fingerprint density at radius 3 is 3.07 bits per heavy atom. The zero-order chi connectivity index (χ0) is 20.4. The molecule has 13 heteroatoms. The number of hydrogen-bond acceptors (Lipinski definition) is 8. The summed E-state index contributed by atoms with van der Waals surface area (Å²) >= 11 is -2.84. The molecule has 12 nitrogen and oxygen atoms in total. The van der Waals surface area contributed by atoms with Crippen LogP contribution in [0.2, 0.25) is 0 Å². The maximum atomic E-state index is 12.5. The van der Waals surface area contributed by atoms with Gasteiger partial charge in [0, 0.05) is 38.1 Å². The number of hydrogen-bond donors (Lipinski definition) is 2. The Balaban J connectivity index is 1.20. The number of hydroxylamine groups is 3. The number of rotatable bonds is 8. The molecular formula is C16H23N6O6S-. The summed E-state index contributed by atoms with van der Waals surface area (Å²) in [6.07, 6.45) is 5.47. The van der Waals surface area contributed by atoms with E-state index in [0.717, 1.165) is 24.6 Å². The number of carbonyl (C=O) groups excluding carboxylic acids is 2. The standard InChI is InChI=1S/C16H24N6O6S/c23-15(14-3-2-13-9-21(14)16(24)22(13)28-29(25)26)19-27-10-12-6-11(7-17-12)8-20-5-1-4-18-20/h1,4-5,11-14,17H,2-3,6-10H2,(H,19,23)(H,25,26)/p-1/t11-,12-,13?,14?/m0/s1. The lowest BCUT2D eigenvalue weighted by molar-refractivity contribution is -0.139. The fourth-order valence-electron chi connectivity index (χ4n) is 4.19. The van der Waals surface area contributed by atoms with Crippen LogP contribution in [0.5, 0.6) is 0 Å². The average molecular weight is 427 g/mol. The zero-order valence-corrected chi connectivity index (χ0v) is 16.5. The van der Waals surface area contributed by atoms with E-state index in [4.69, 9.17) is 4.84 Å². The summed E-state index contributed by atoms with van der Waals surface area (Å²) < 4.78 is 27.9. The lowest BCUT2D eigenvalue weighted by Crippen LogP contribution is -2.50. The summed E-state index contributed by atoms with van der Waals surface area (Å²) in [5, 5.41) is 8.39. The molecular weight excluding hydrogens is 404 g/mol. The van der Waals surface area contributed by atoms with E-state index < -0.39 is 29.3 Å². The van der Waals surface area contributed by atoms with Crippen LogP contribution in [0.1, 0.15) is 19.3 Å². The van der Waals surface area contributed by atoms with Gasteiger partial charge in [-0.2, -0.15) is 14.4 Å². The first-order chi connectivity index (χ1) is 14.0. The highest BCUT2D eigenvalue weighted by molar-refractivity contribution is 7.74. The minimum Gasteiger partial charge on any atom is -0.748 e. The topological polar surface area (TPSA) is 141 Å². The smallest absolute Gasteiger partial charge is 0.346 e. The molecule has 29 heavy (non-hydrogen) atoms. The molecule has 0 saturated carbocycles. The third-order valence-electron chi connectivity index (χ3n) is 5.54. The first kappa shape index (κ1) is 20.2. The number of carbonyl (C=O) groups is 2. The van der Waals surface area contributed by atoms with Gasteiger partial charge in [0.05, 0.1) is 12.6 Å². The van der Waals surface area contributed by atoms with E-state index in [1.54, 1.807) is 6.20 Å². The van der Waals surface area contributed by atoms with Crippen LogP contribution in [0, 0.1) is 5.92 Å². The second kappa shape index (κ2) is 8.75. The fraction of sp³-hybridized carbons (Fsp3) is 0.688. The molecule has 3 aliphatic rings. The van der Waals surface area contributed by atoms with Crippen LogP contribution < -0.4 is 10.8 Å². The largest absolute Gasteiger partial charge is 0.748 e. The number of nitrogens with one attached hydrogen (secondary N) is 2. The van der Waals surface area contributed by atoms with Crippen molar-refractivity contribution < 1.29 is 27.5 Å². The van der Waals surface area contributed by atoms with E-state index in [-0.39, 0.29) is 18.6 Å². The quantitative estimate of drug-likeness (QED) is 0.394. The van der Waals surface area contributed by atoms with Gasteiger partial charge in [0.25, 0.3) is 5.91 Å². The number of fused-ring (bicyclic) bond motifs is 2. The van der Waals surface area contributed by atoms with Gasteiger partial charge in [-0.05, 0) is 31.2 Å². The molecule has 4 heterocycles. The van der Waals surface area contributed by atoms with Gasteiger partial charge in [0.2, 0.25) is 0 Å². The highest BCUT2D eigenvalue weighted by atomic mass is 32.2. The normalized spacial score (nSPS) is 30.0. The molecule has 0 radical (unpaired) electrons. The predicted octanol–water partition coefficient (Wildman–Crippen LogP) is -1.10. The van der Waals surface area contributed by atoms with Crippen molar-refractivity contribution in [3.63, 3.8) is 0 Å². The molecule has 4 rings (SSSR count). The number of amides is 3. The highest BCUT2D eigenvalue weighted by Crippen LogP contribution is 2.30. The third kappa shape index (κ3) is 4.59. The van der Waals surface area contributed by atoms with Crippen LogP contribution in [0.15, 0.2) is 18.5 Å². The van der Waals surface area contributed by atoms with Gasteiger partial charge < -0.3 is 14.8 Å². The molecule has 3 aliphatic heterocycles. The molecule has 2 bridgehead atoms. The van der Waals surface area contributed by atoms with E-state index in [1.165, 1.54) is 4.90 Å². The molecule has 0 spiro atoms. The van der Waals surface area contributed by atoms with E-state index >= 15 is 0 Å². The van der Waals surface area contributed by atoms with Crippen molar-refractivity contribution in [2.75, 3.05) is 19.7 Å². The van der Waals surface area contributed by atoms with Gasteiger partial charge >= 0.3 is 6.03 Å². The van der Waals surface area contributed by atoms with Crippen LogP contribution >= 0.6 is 0 Å². The summed E-state index contributed by atoms with van der Waals surface area (Å²) in [5.74, 6) is 0.0160. The van der Waals surface area contributed by atoms with Crippen LogP contribution in [0.3, 0.4) is 0 Å². The minimum absolute atomic E-state index is 0.121. The van der Waals surface area contributed by atoms with Crippen molar-refractivity contribution in [3.8, 4) is 0 Å². The average Bonchev–Trinajstić information content (AvgIpc) is 3.41. The number of urea groups is 1. The Bertz CT molecular complexity index is 763. The minimum atomic E-state index is -2.84. The molecule has 160 valence electrons. The molecule has 3 unspecified atom stereocenters. The lowest BCUT2D eigenvalue weighted by atomic mass is 10.0. The molecule has 3 fully saturated rings. The Kier molecular flexibility index (Phi) is 6.10. The third-order valence-corrected chi connectivity index (χ3v) is 5.82. The number of aromatic nitrogens is 2. The van der Waals surface area contributed by atoms with E-state index in [1.807, 2.05) is 16.9 Å². The van der Waals surface area contributed by atoms with Gasteiger partial charge in [-0.3, -0.25) is 14.3 Å². The van der Waals surface area contributed by atoms with Crippen molar-refractivity contribution in [3.05, 3.63) is 18.5 Å². The highest BCUT2D eigenvalue weighted by Gasteiger charge is 2.48. The van der Waals surface area contributed by atoms with Gasteiger partial charge in [0.15, 0.2) is 0 Å². The molecule has 3 saturated heterocycles. The Morgan fingerprint density at radius 1 is 1.45 bits per heavy atom. The first-order valence-electron chi connectivity index (χ1n) is 9.51. The summed E-state index contributed by atoms with van der Waals surface area (Å²) in [6, 6.07) is 0.297. The van der Waals surface area contributed by atoms with Crippen LogP contribution in [-0.2, 0) is 31.8 Å². The second-order valence-electron chi connectivity index (χ2n) is 7.50. The Hall–Kier alpha value is -2.06. The lowest BCUT2D eigenvalue weighted by Gasteiger charge is -2.29. The summed E-state index contributed by atoms with van der Waals surface area (Å²) in [4.78, 5) is 31.5. The van der Waals surface area contributed by atoms with Gasteiger partial charge in [-0.1, -0.05) is 0 Å². The van der Waals surface area contributed by atoms with E-state index in [2.05, 4.69) is 20.2 Å². The summed E-state index contributed by atoms with van der Waals surface area (Å²) in [5.41, 5.74) is 2.43. The zero-order valence-electron chi connectivity index (χ0n) is 15.6. The van der Waals surface area contributed by atoms with Crippen molar-refractivity contribution in [2.45, 2.75) is 43.9 Å². The molecule has 0 aliphatic carbocycles. The van der Waals surface area contributed by atoms with Crippen LogP contribution in [0.4, 0.5) is 4.79 Å². The summed E-state index contributed by atoms with van der Waals surface area (Å²) in [6.45, 7) is 2.24. The van der Waals surface area contributed by atoms with E-state index in [9.17, 15) is 18.4 Å². The monoisotopic (exact) mass is 427 g/mol. The van der Waals surface area contributed by atoms with Gasteiger partial charge in [-0.25, -0.2) is 14.5 Å². The predicted molar refractivity (Wildman–Crippen MR) is 97.0 cm³/mol. The Labute approximate surface area is 169 Å². The second-order valence-corrected chi connectivity index (χ2v) is 8.06. The van der Waals surface area contributed by atoms with Gasteiger partial charge in [0.1, 0.15) is 17.4 Å². The Morgan fingerprint density at radius 2 is 2.31 bits per heavy atom. The van der Waals surface area contributed by atoms with Crippen LogP contribution in [0.25, 0.3) is 0 Å². The van der Waals surface area contributed by atoms with Gasteiger partial charge in [-0.15, -0.1) is 0 Å². The van der Waals surface area contributed by atoms with Crippen molar-refractivity contribution in [1.82, 2.24) is 30.5 Å². The molecule has 1 aromatic heterocycles. The molecule has 2 N–H and O–H groups in total. The maximum Gasteiger partial charge on any atom is 0.346 e. The van der Waals surface area contributed by atoms with E-state index in [0.29, 0.717) is 25.4 Å². The molecule has 1 aromatic rings. The van der Waals surface area contributed by atoms with Crippen molar-refractivity contribution in [1.29, 1.82) is 0 Å². The van der Waals surface area contributed by atoms with Crippen LogP contribution in [-0.4, -0.2) is 78.3 Å². The molecule has 5 atom stereocenters. The SMILES string of the molecule is O=C(NOC[C@@H]1C[C@H](Cn2cccn2)CN1)C1CCC2CN1C(=O)N2OS(=O)[O-]. The summed E-state index contributed by atoms with van der Waals surface area (Å²) in [7, 11) is 0. The molecule has 0 aromatic carbocycles. The van der Waals surface area contributed by atoms with Crippen molar-refractivity contribution in [2.24, 2.45) is 5.92 Å². The molecule has 3 amide bonds. The van der Waals surface area contributed by atoms with Crippen molar-refractivity contribution >= 4 is 23.3 Å². The fourth-order valence-corrected chi connectivity index (χ4v) is 4.51.